The number of amides is 3. The van der Waals surface area contributed by atoms with Gasteiger partial charge in [0, 0.05) is 125 Å². The highest BCUT2D eigenvalue weighted by atomic mass is 32.2. The summed E-state index contributed by atoms with van der Waals surface area (Å²) >= 11 is 1.56. The zero-order valence-corrected chi connectivity index (χ0v) is 45.0. The topological polar surface area (TPSA) is 242 Å². The highest BCUT2D eigenvalue weighted by molar-refractivity contribution is 7.90. The van der Waals surface area contributed by atoms with Crippen LogP contribution in [-0.2, 0) is 31.1 Å². The summed E-state index contributed by atoms with van der Waals surface area (Å²) in [5, 5.41) is 16.8. The number of hydrogen-bond acceptors (Lipinski definition) is 15. The molecule has 0 spiro atoms. The van der Waals surface area contributed by atoms with Crippen molar-refractivity contribution in [2.45, 2.75) is 77.5 Å². The number of anilines is 2. The van der Waals surface area contributed by atoms with Gasteiger partial charge in [0.05, 0.1) is 40.0 Å². The fourth-order valence-corrected chi connectivity index (χ4v) is 12.5. The molecule has 20 nitrogen and oxygen atoms in total. The van der Waals surface area contributed by atoms with Crippen LogP contribution in [0.1, 0.15) is 60.8 Å². The van der Waals surface area contributed by atoms with E-state index in [4.69, 9.17) is 0 Å². The number of halogens is 3. The first kappa shape index (κ1) is 54.5. The molecule has 8 heterocycles. The number of aromatic amines is 1. The van der Waals surface area contributed by atoms with E-state index in [2.05, 4.69) is 45.4 Å². The van der Waals surface area contributed by atoms with E-state index in [1.807, 2.05) is 61.6 Å². The summed E-state index contributed by atoms with van der Waals surface area (Å²) in [4.78, 5) is 84.8. The molecule has 0 radical (unpaired) electrons. The van der Waals surface area contributed by atoms with Crippen LogP contribution in [0.4, 0.5) is 24.8 Å². The van der Waals surface area contributed by atoms with Crippen molar-refractivity contribution in [1.29, 1.82) is 0 Å². The van der Waals surface area contributed by atoms with Gasteiger partial charge in [-0.2, -0.15) is 12.7 Å². The van der Waals surface area contributed by atoms with E-state index in [1.165, 1.54) is 11.1 Å². The van der Waals surface area contributed by atoms with E-state index in [1.54, 1.807) is 41.5 Å². The van der Waals surface area contributed by atoms with Crippen molar-refractivity contribution in [2.24, 2.45) is 5.41 Å². The molecule has 5 N–H and O–H groups in total. The van der Waals surface area contributed by atoms with Gasteiger partial charge < -0.3 is 30.5 Å². The van der Waals surface area contributed by atoms with Gasteiger partial charge in [-0.3, -0.25) is 33.7 Å². The number of aliphatic hydroxyl groups excluding tert-OH is 1. The zero-order chi connectivity index (χ0) is 55.2. The summed E-state index contributed by atoms with van der Waals surface area (Å²) in [6.07, 6.45) is 3.87. The van der Waals surface area contributed by atoms with Crippen molar-refractivity contribution >= 4 is 67.7 Å². The van der Waals surface area contributed by atoms with Crippen molar-refractivity contribution < 1.29 is 45.9 Å². The molecule has 412 valence electrons. The van der Waals surface area contributed by atoms with Crippen LogP contribution in [-0.4, -0.2) is 177 Å². The molecule has 4 fully saturated rings. The standard InChI is InChI=1S/C53H60F3N13O7S2/c1-30-47(77-29-62-30)32-7-5-31(6-8-32)19-59-50(73)42-18-37(70)27-69(42)51(74)48(53(2,3)4)63-43(71)28-65-25-36(26-65)66-13-15-67(16-14-66)52-60-21-34(22-61-52)33-17-38-39(23-58-49(38)57-20-33)46(72)44-40(55)9-10-41(45(44)56)64-78(75,76)68-12-11-35(54)24-68/h5-10,17,20-23,29,35-37,42,48,64,70H,11-16,18-19,24-28H2,1-4H3,(H,57,58)(H,59,73)(H,63,71)/t35-,37-,42+,48-/m1/s1. The van der Waals surface area contributed by atoms with E-state index in [0.29, 0.717) is 43.3 Å². The van der Waals surface area contributed by atoms with Crippen molar-refractivity contribution in [3.63, 3.8) is 0 Å². The number of fused-ring (bicyclic) bond motifs is 1. The maximum absolute atomic E-state index is 15.8. The first-order chi connectivity index (χ1) is 37.2. The Kier molecular flexibility index (Phi) is 15.4. The summed E-state index contributed by atoms with van der Waals surface area (Å²) in [5.74, 6) is -4.27. The van der Waals surface area contributed by atoms with Crippen molar-refractivity contribution in [1.82, 2.24) is 54.6 Å². The fraction of sp³-hybridized carbons (Fsp3) is 0.434. The lowest BCUT2D eigenvalue weighted by atomic mass is 9.85. The minimum absolute atomic E-state index is 0.0167. The molecule has 0 saturated carbocycles. The molecule has 4 atom stereocenters. The van der Waals surface area contributed by atoms with Crippen LogP contribution in [0, 0.1) is 24.0 Å². The maximum atomic E-state index is 15.8. The normalized spacial score (nSPS) is 20.2. The summed E-state index contributed by atoms with van der Waals surface area (Å²) in [6, 6.07) is 9.50. The predicted molar refractivity (Wildman–Crippen MR) is 286 cm³/mol. The second-order valence-electron chi connectivity index (χ2n) is 21.4. The first-order valence-corrected chi connectivity index (χ1v) is 28.0. The van der Waals surface area contributed by atoms with Gasteiger partial charge in [0.2, 0.25) is 29.5 Å². The number of pyridine rings is 1. The maximum Gasteiger partial charge on any atom is 0.301 e. The van der Waals surface area contributed by atoms with Crippen molar-refractivity contribution in [3.8, 4) is 21.6 Å². The number of alkyl halides is 1. The fourth-order valence-electron chi connectivity index (χ4n) is 10.4. The lowest BCUT2D eigenvalue weighted by Gasteiger charge is -2.48. The van der Waals surface area contributed by atoms with Crippen LogP contribution in [0.3, 0.4) is 0 Å². The first-order valence-electron chi connectivity index (χ1n) is 25.7. The van der Waals surface area contributed by atoms with Gasteiger partial charge in [0.25, 0.3) is 0 Å². The van der Waals surface area contributed by atoms with Crippen LogP contribution in [0.5, 0.6) is 0 Å². The molecule has 6 aromatic rings. The number of thiazole rings is 1. The van der Waals surface area contributed by atoms with Gasteiger partial charge in [-0.25, -0.2) is 33.1 Å². The number of carbonyl (C=O) groups excluding carboxylic acids is 4. The minimum Gasteiger partial charge on any atom is -0.391 e. The summed E-state index contributed by atoms with van der Waals surface area (Å²) in [6.45, 7) is 11.4. The molecule has 0 aliphatic carbocycles. The molecule has 3 amide bonds. The predicted octanol–water partition coefficient (Wildman–Crippen LogP) is 4.28. The second kappa shape index (κ2) is 22.1. The highest BCUT2D eigenvalue weighted by Crippen LogP contribution is 2.33. The third-order valence-corrected chi connectivity index (χ3v) is 17.3. The average molecular weight is 1110 g/mol. The van der Waals surface area contributed by atoms with Gasteiger partial charge in [-0.1, -0.05) is 45.0 Å². The molecular weight excluding hydrogens is 1050 g/mol. The summed E-state index contributed by atoms with van der Waals surface area (Å²) < 4.78 is 73.3. The number of benzene rings is 2. The Balaban J connectivity index is 0.698. The summed E-state index contributed by atoms with van der Waals surface area (Å²) in [5.41, 5.74) is 3.58. The number of hydrogen-bond donors (Lipinski definition) is 5. The smallest absolute Gasteiger partial charge is 0.301 e. The molecule has 0 unspecified atom stereocenters. The molecule has 0 bridgehead atoms. The van der Waals surface area contributed by atoms with Crippen LogP contribution in [0.15, 0.2) is 72.8 Å². The second-order valence-corrected chi connectivity index (χ2v) is 23.9. The Labute approximate surface area is 452 Å². The molecule has 78 heavy (non-hydrogen) atoms. The lowest BCUT2D eigenvalue weighted by Crippen LogP contribution is -2.65. The van der Waals surface area contributed by atoms with E-state index in [0.717, 1.165) is 51.2 Å². The van der Waals surface area contributed by atoms with Gasteiger partial charge in [-0.05, 0) is 48.1 Å². The Bertz CT molecular complexity index is 3340. The number of piperazine rings is 1. The van der Waals surface area contributed by atoms with Crippen LogP contribution in [0.25, 0.3) is 32.6 Å². The van der Waals surface area contributed by atoms with Gasteiger partial charge in [0.1, 0.15) is 29.7 Å². The molecule has 10 rings (SSSR count). The third-order valence-electron chi connectivity index (χ3n) is 14.9. The van der Waals surface area contributed by atoms with Crippen LogP contribution >= 0.6 is 11.3 Å². The van der Waals surface area contributed by atoms with Gasteiger partial charge in [0.15, 0.2) is 5.82 Å². The third kappa shape index (κ3) is 11.5. The SMILES string of the molecule is Cc1ncsc1-c1ccc(CNC(=O)[C@@H]2C[C@@H](O)CN2C(=O)[C@@H](NC(=O)CN2CC(N3CCN(c4ncc(-c5cnc6[nH]cc(C(=O)c7c(F)ccc(NS(=O)(=O)N8CC[C@@H](F)C8)c7F)c6c5)cn4)CC3)C2)C(C)(C)C)cc1. The number of rotatable bonds is 16. The Morgan fingerprint density at radius 3 is 2.28 bits per heavy atom. The van der Waals surface area contributed by atoms with Crippen molar-refractivity contribution in [3.05, 3.63) is 107 Å². The Morgan fingerprint density at radius 1 is 0.897 bits per heavy atom. The molecule has 4 aromatic heterocycles. The number of carbonyl (C=O) groups is 4. The van der Waals surface area contributed by atoms with Crippen molar-refractivity contribution in [2.75, 3.05) is 75.1 Å². The number of aryl methyl sites for hydroxylation is 1. The highest BCUT2D eigenvalue weighted by Gasteiger charge is 2.45. The van der Waals surface area contributed by atoms with E-state index < -0.39 is 81.1 Å². The summed E-state index contributed by atoms with van der Waals surface area (Å²) in [7, 11) is -4.39. The van der Waals surface area contributed by atoms with Gasteiger partial charge in [-0.15, -0.1) is 11.3 Å². The molecule has 2 aromatic carbocycles. The van der Waals surface area contributed by atoms with E-state index >= 15 is 8.78 Å². The average Bonchev–Trinajstić information content (AvgIpc) is 4.30. The van der Waals surface area contributed by atoms with E-state index in [-0.39, 0.29) is 73.5 Å². The monoisotopic (exact) mass is 1110 g/mol. The number of H-pyrrole nitrogens is 1. The molecule has 4 saturated heterocycles. The molecular formula is C53H60F3N13O7S2. The minimum atomic E-state index is -4.39. The number of ketones is 1. The van der Waals surface area contributed by atoms with Gasteiger partial charge >= 0.3 is 10.2 Å². The zero-order valence-electron chi connectivity index (χ0n) is 43.4. The Hall–Kier alpha value is -6.90. The number of likely N-dealkylation sites (tertiary alicyclic amines) is 2. The lowest BCUT2D eigenvalue weighted by molar-refractivity contribution is -0.144. The molecule has 4 aliphatic rings. The Morgan fingerprint density at radius 2 is 1.62 bits per heavy atom. The van der Waals surface area contributed by atoms with E-state index in [9.17, 15) is 37.1 Å². The number of β-amino-alcohol motifs (C(OH)–C–C–N with tert-alkyl or cyclic N) is 1. The van der Waals surface area contributed by atoms with Crippen LogP contribution < -0.4 is 20.3 Å². The largest absolute Gasteiger partial charge is 0.391 e. The number of nitrogens with one attached hydrogen (secondary N) is 4. The molecule has 4 aliphatic heterocycles. The number of nitrogens with zero attached hydrogens (tertiary/aromatic N) is 9. The number of aliphatic hydroxyl groups is 1. The number of aromatic nitrogens is 5. The van der Waals surface area contributed by atoms with Crippen LogP contribution in [0.2, 0.25) is 0 Å². The quantitative estimate of drug-likeness (QED) is 0.0851. The molecule has 25 heteroatoms.